The van der Waals surface area contributed by atoms with Crippen LogP contribution < -0.4 is 4.74 Å². The summed E-state index contributed by atoms with van der Waals surface area (Å²) in [6.45, 7) is 0. The van der Waals surface area contributed by atoms with Crippen molar-refractivity contribution in [1.82, 2.24) is 0 Å². The molecule has 1 aromatic heterocycles. The fraction of sp³-hybridized carbons (Fsp3) is 0.231. The molecule has 0 aliphatic carbocycles. The van der Waals surface area contributed by atoms with E-state index in [1.54, 1.807) is 17.4 Å². The van der Waals surface area contributed by atoms with Crippen LogP contribution in [0.1, 0.15) is 29.1 Å². The molecule has 0 saturated heterocycles. The molecular formula is C13H9Br2FO2S. The molecule has 19 heavy (non-hydrogen) atoms. The van der Waals surface area contributed by atoms with E-state index in [4.69, 9.17) is 4.74 Å². The summed E-state index contributed by atoms with van der Waals surface area (Å²) >= 11 is 8.44. The Morgan fingerprint density at radius 2 is 2.11 bits per heavy atom. The van der Waals surface area contributed by atoms with E-state index in [2.05, 4.69) is 31.9 Å². The zero-order valence-electron chi connectivity index (χ0n) is 9.57. The number of halogens is 3. The maximum absolute atomic E-state index is 13.2. The van der Waals surface area contributed by atoms with Crippen molar-refractivity contribution in [2.75, 3.05) is 0 Å². The van der Waals surface area contributed by atoms with Crippen molar-refractivity contribution >= 4 is 43.2 Å². The van der Waals surface area contributed by atoms with Gasteiger partial charge in [-0.1, -0.05) is 0 Å². The number of thiophene rings is 1. The molecule has 100 valence electrons. The average Bonchev–Trinajstić information content (AvgIpc) is 2.70. The maximum atomic E-state index is 13.2. The van der Waals surface area contributed by atoms with Gasteiger partial charge in [0, 0.05) is 21.3 Å². The Kier molecular flexibility index (Phi) is 3.68. The van der Waals surface area contributed by atoms with Crippen molar-refractivity contribution < 1.29 is 14.2 Å². The number of aliphatic hydroxyl groups is 1. The number of hydrogen-bond acceptors (Lipinski definition) is 3. The van der Waals surface area contributed by atoms with Crippen LogP contribution in [0.15, 0.2) is 32.5 Å². The molecule has 1 aromatic carbocycles. The van der Waals surface area contributed by atoms with Crippen LogP contribution in [0, 0.1) is 5.82 Å². The lowest BCUT2D eigenvalue weighted by molar-refractivity contribution is 0.0670. The molecule has 0 radical (unpaired) electrons. The molecule has 1 N–H and O–H groups in total. The molecule has 0 saturated carbocycles. The highest BCUT2D eigenvalue weighted by atomic mass is 79.9. The first kappa shape index (κ1) is 13.5. The van der Waals surface area contributed by atoms with Crippen molar-refractivity contribution in [3.05, 3.63) is 48.8 Å². The third kappa shape index (κ3) is 2.59. The number of ether oxygens (including phenoxy) is 1. The Labute approximate surface area is 130 Å². The molecule has 0 amide bonds. The molecule has 2 atom stereocenters. The van der Waals surface area contributed by atoms with Crippen LogP contribution in [0.25, 0.3) is 0 Å². The monoisotopic (exact) mass is 406 g/mol. The zero-order chi connectivity index (χ0) is 13.6. The van der Waals surface area contributed by atoms with E-state index >= 15 is 0 Å². The smallest absolute Gasteiger partial charge is 0.136 e. The van der Waals surface area contributed by atoms with Gasteiger partial charge >= 0.3 is 0 Å². The summed E-state index contributed by atoms with van der Waals surface area (Å²) in [4.78, 5) is 1.02. The van der Waals surface area contributed by atoms with Gasteiger partial charge < -0.3 is 9.84 Å². The van der Waals surface area contributed by atoms with E-state index in [-0.39, 0.29) is 11.9 Å². The van der Waals surface area contributed by atoms with Crippen molar-refractivity contribution in [2.45, 2.75) is 18.6 Å². The van der Waals surface area contributed by atoms with Gasteiger partial charge in [-0.3, -0.25) is 0 Å². The topological polar surface area (TPSA) is 29.5 Å². The molecule has 0 spiro atoms. The number of rotatable bonds is 1. The van der Waals surface area contributed by atoms with E-state index in [9.17, 15) is 9.50 Å². The van der Waals surface area contributed by atoms with Crippen molar-refractivity contribution in [1.29, 1.82) is 0 Å². The van der Waals surface area contributed by atoms with Gasteiger partial charge in [-0.15, -0.1) is 11.3 Å². The fourth-order valence-corrected chi connectivity index (χ4v) is 4.25. The molecule has 2 aromatic rings. The van der Waals surface area contributed by atoms with Crippen LogP contribution >= 0.6 is 43.2 Å². The Balaban J connectivity index is 1.94. The predicted octanol–water partition coefficient (Wildman–Crippen LogP) is 4.97. The molecule has 0 fully saturated rings. The highest BCUT2D eigenvalue weighted by Gasteiger charge is 2.29. The Morgan fingerprint density at radius 3 is 2.79 bits per heavy atom. The minimum absolute atomic E-state index is 0.208. The minimum Gasteiger partial charge on any atom is -0.484 e. The molecule has 1 unspecified atom stereocenters. The van der Waals surface area contributed by atoms with Gasteiger partial charge in [-0.05, 0) is 56.1 Å². The first-order valence-corrected chi connectivity index (χ1v) is 8.03. The van der Waals surface area contributed by atoms with Gasteiger partial charge in [0.05, 0.1) is 9.89 Å². The third-order valence-corrected chi connectivity index (χ3v) is 6.37. The normalized spacial score (nSPS) is 21.9. The van der Waals surface area contributed by atoms with Crippen molar-refractivity contribution in [3.63, 3.8) is 0 Å². The second kappa shape index (κ2) is 5.16. The highest BCUT2D eigenvalue weighted by Crippen LogP contribution is 2.45. The second-order valence-corrected chi connectivity index (χ2v) is 7.57. The fourth-order valence-electron chi connectivity index (χ4n) is 2.11. The van der Waals surface area contributed by atoms with Crippen LogP contribution in [0.2, 0.25) is 0 Å². The first-order valence-electron chi connectivity index (χ1n) is 5.63. The number of hydrogen-bond donors (Lipinski definition) is 1. The van der Waals surface area contributed by atoms with E-state index in [0.29, 0.717) is 17.7 Å². The number of aliphatic hydroxyl groups excluding tert-OH is 1. The minimum atomic E-state index is -0.705. The Hall–Kier alpha value is -0.430. The summed E-state index contributed by atoms with van der Waals surface area (Å²) in [5.74, 6) is 0.187. The summed E-state index contributed by atoms with van der Waals surface area (Å²) in [5, 5.41) is 10.1. The molecule has 2 heterocycles. The number of fused-ring (bicyclic) bond motifs is 1. The molecule has 2 nitrogen and oxygen atoms in total. The molecular weight excluding hydrogens is 399 g/mol. The standard InChI is InChI=1S/C13H9Br2FO2S/c14-8-4-12(19-13(8)15)11-5-9(17)7-3-6(16)1-2-10(7)18-11/h1-4,9,11,17H,5H2/t9-,11?/m0/s1. The lowest BCUT2D eigenvalue weighted by atomic mass is 9.98. The van der Waals surface area contributed by atoms with Crippen LogP contribution in [0.3, 0.4) is 0 Å². The summed E-state index contributed by atoms with van der Waals surface area (Å²) in [6.07, 6.45) is -0.486. The quantitative estimate of drug-likeness (QED) is 0.723. The van der Waals surface area contributed by atoms with E-state index in [1.165, 1.54) is 12.1 Å². The van der Waals surface area contributed by atoms with E-state index in [1.807, 2.05) is 6.07 Å². The predicted molar refractivity (Wildman–Crippen MR) is 79.1 cm³/mol. The summed E-state index contributed by atoms with van der Waals surface area (Å²) < 4.78 is 21.0. The Bertz CT molecular complexity index is 610. The van der Waals surface area contributed by atoms with Crippen LogP contribution in [-0.2, 0) is 0 Å². The SMILES string of the molecule is O[C@H]1CC(c2cc(Br)c(Br)s2)Oc2ccc(F)cc21. The molecule has 0 bridgehead atoms. The number of benzene rings is 1. The maximum Gasteiger partial charge on any atom is 0.136 e. The highest BCUT2D eigenvalue weighted by molar-refractivity contribution is 9.13. The average molecular weight is 408 g/mol. The van der Waals surface area contributed by atoms with E-state index < -0.39 is 6.10 Å². The summed E-state index contributed by atoms with van der Waals surface area (Å²) in [6, 6.07) is 6.21. The van der Waals surface area contributed by atoms with Crippen molar-refractivity contribution in [3.8, 4) is 5.75 Å². The van der Waals surface area contributed by atoms with Gasteiger partial charge in [0.2, 0.25) is 0 Å². The molecule has 6 heteroatoms. The van der Waals surface area contributed by atoms with Gasteiger partial charge in [0.15, 0.2) is 0 Å². The third-order valence-electron chi connectivity index (χ3n) is 3.02. The summed E-state index contributed by atoms with van der Waals surface area (Å²) in [5.41, 5.74) is 0.519. The lowest BCUT2D eigenvalue weighted by Crippen LogP contribution is -2.18. The van der Waals surface area contributed by atoms with Gasteiger partial charge in [0.25, 0.3) is 0 Å². The van der Waals surface area contributed by atoms with Crippen molar-refractivity contribution in [2.24, 2.45) is 0 Å². The van der Waals surface area contributed by atoms with Crippen LogP contribution in [0.4, 0.5) is 4.39 Å². The Morgan fingerprint density at radius 1 is 1.32 bits per heavy atom. The molecule has 1 aliphatic rings. The lowest BCUT2D eigenvalue weighted by Gasteiger charge is -2.29. The second-order valence-electron chi connectivity index (χ2n) is 4.31. The van der Waals surface area contributed by atoms with Crippen LogP contribution in [0.5, 0.6) is 5.75 Å². The van der Waals surface area contributed by atoms with Crippen LogP contribution in [-0.4, -0.2) is 5.11 Å². The largest absolute Gasteiger partial charge is 0.484 e. The van der Waals surface area contributed by atoms with Gasteiger partial charge in [-0.25, -0.2) is 4.39 Å². The van der Waals surface area contributed by atoms with E-state index in [0.717, 1.165) is 13.1 Å². The van der Waals surface area contributed by atoms with Gasteiger partial charge in [-0.2, -0.15) is 0 Å². The first-order chi connectivity index (χ1) is 9.04. The summed E-state index contributed by atoms with van der Waals surface area (Å²) in [7, 11) is 0. The van der Waals surface area contributed by atoms with Gasteiger partial charge in [0.1, 0.15) is 17.7 Å². The molecule has 1 aliphatic heterocycles. The molecule has 3 rings (SSSR count). The zero-order valence-corrected chi connectivity index (χ0v) is 13.6.